The van der Waals surface area contributed by atoms with Crippen LogP contribution < -0.4 is 0 Å². The van der Waals surface area contributed by atoms with Crippen molar-refractivity contribution in [2.75, 3.05) is 0 Å². The maximum absolute atomic E-state index is 8.02. The van der Waals surface area contributed by atoms with E-state index in [-0.39, 0.29) is 16.7 Å². The van der Waals surface area contributed by atoms with E-state index in [9.17, 15) is 0 Å². The fraction of sp³-hybridized carbons (Fsp3) is 0.0405. The van der Waals surface area contributed by atoms with Crippen molar-refractivity contribution in [3.63, 3.8) is 0 Å². The fourth-order valence-electron chi connectivity index (χ4n) is 10.8. The Labute approximate surface area is 463 Å². The Bertz CT molecular complexity index is 4680. The molecule has 0 spiro atoms. The summed E-state index contributed by atoms with van der Waals surface area (Å²) >= 11 is 0. The lowest BCUT2D eigenvalue weighted by atomic mass is 9.84. The Hall–Kier alpha value is -9.83. The maximum Gasteiger partial charge on any atom is 0.0704 e. The van der Waals surface area contributed by atoms with Crippen LogP contribution in [0.1, 0.15) is 29.0 Å². The Balaban J connectivity index is 0.977. The van der Waals surface area contributed by atoms with Crippen molar-refractivity contribution in [3.8, 4) is 112 Å². The monoisotopic (exact) mass is 992 g/mol. The van der Waals surface area contributed by atoms with Gasteiger partial charge in [-0.1, -0.05) is 194 Å². The molecular weight excluding hydrogens is 931 g/mol. The highest BCUT2D eigenvalue weighted by Gasteiger charge is 2.19. The molecule has 0 aliphatic rings. The van der Waals surface area contributed by atoms with Crippen LogP contribution in [0.4, 0.5) is 0 Å². The molecule has 3 nitrogen and oxygen atoms in total. The highest BCUT2D eigenvalue weighted by Crippen LogP contribution is 2.45. The highest BCUT2D eigenvalue weighted by atomic mass is 14.7. The van der Waals surface area contributed by atoms with Crippen molar-refractivity contribution >= 4 is 21.5 Å². The van der Waals surface area contributed by atoms with Crippen LogP contribution in [0.3, 0.4) is 0 Å². The second kappa shape index (κ2) is 20.1. The van der Waals surface area contributed by atoms with Crippen molar-refractivity contribution in [3.05, 3.63) is 284 Å². The number of hydrogen-bond acceptors (Lipinski definition) is 3. The molecule has 0 saturated heterocycles. The predicted octanol–water partition coefficient (Wildman–Crippen LogP) is 19.8. The van der Waals surface area contributed by atoms with Gasteiger partial charge >= 0.3 is 0 Å². The minimum absolute atomic E-state index is 0.180. The molecule has 0 N–H and O–H groups in total. The van der Waals surface area contributed by atoms with E-state index in [2.05, 4.69) is 186 Å². The van der Waals surface area contributed by atoms with Crippen molar-refractivity contribution in [2.45, 2.75) is 20.6 Å². The lowest BCUT2D eigenvalue weighted by Crippen LogP contribution is -1.94. The molecule has 0 bridgehead atoms. The molecule has 0 aliphatic heterocycles. The molecule has 0 radical (unpaired) electrons. The first-order chi connectivity index (χ1) is 41.5. The molecular formula is C74H53N3. The predicted molar refractivity (Wildman–Crippen MR) is 323 cm³/mol. The first kappa shape index (κ1) is 37.8. The van der Waals surface area contributed by atoms with E-state index in [1.165, 1.54) is 29.2 Å². The lowest BCUT2D eigenvalue weighted by molar-refractivity contribution is 1.27. The van der Waals surface area contributed by atoms with Gasteiger partial charge in [0, 0.05) is 47.6 Å². The minimum atomic E-state index is -2.28. The summed E-state index contributed by atoms with van der Waals surface area (Å²) in [6.45, 7) is -6.79. The Morgan fingerprint density at radius 2 is 0.701 bits per heavy atom. The number of benzene rings is 10. The van der Waals surface area contributed by atoms with E-state index in [0.717, 1.165) is 105 Å². The van der Waals surface area contributed by atoms with Crippen LogP contribution in [-0.2, 0) is 0 Å². The van der Waals surface area contributed by atoms with E-state index < -0.39 is 20.6 Å². The number of nitrogens with zero attached hydrogens (tertiary/aromatic N) is 3. The quantitative estimate of drug-likeness (QED) is 0.128. The molecule has 77 heavy (non-hydrogen) atoms. The van der Waals surface area contributed by atoms with Crippen molar-refractivity contribution < 1.29 is 12.3 Å². The molecule has 13 aromatic rings. The molecule has 0 aliphatic carbocycles. The van der Waals surface area contributed by atoms with Gasteiger partial charge in [0.15, 0.2) is 0 Å². The normalized spacial score (nSPS) is 13.5. The van der Waals surface area contributed by atoms with Gasteiger partial charge < -0.3 is 0 Å². The molecule has 10 aromatic carbocycles. The van der Waals surface area contributed by atoms with Gasteiger partial charge in [-0.15, -0.1) is 0 Å². The largest absolute Gasteiger partial charge is 0.256 e. The number of aromatic nitrogens is 3. The number of aryl methyl sites for hydroxylation is 3. The fourth-order valence-corrected chi connectivity index (χ4v) is 10.8. The van der Waals surface area contributed by atoms with Gasteiger partial charge in [0.1, 0.15) is 0 Å². The molecule has 3 aromatic heterocycles. The third-order valence-electron chi connectivity index (χ3n) is 14.6. The number of rotatable bonds is 10. The van der Waals surface area contributed by atoms with Crippen LogP contribution in [-0.4, -0.2) is 15.0 Å². The van der Waals surface area contributed by atoms with Gasteiger partial charge in [-0.2, -0.15) is 0 Å². The molecule has 3 heterocycles. The van der Waals surface area contributed by atoms with Crippen LogP contribution in [0.15, 0.2) is 267 Å². The van der Waals surface area contributed by atoms with E-state index in [1.807, 2.05) is 36.4 Å². The minimum Gasteiger partial charge on any atom is -0.256 e. The smallest absolute Gasteiger partial charge is 0.0704 e. The van der Waals surface area contributed by atoms with Crippen LogP contribution in [0, 0.1) is 20.6 Å². The highest BCUT2D eigenvalue weighted by molar-refractivity contribution is 6.09. The zero-order valence-corrected chi connectivity index (χ0v) is 41.7. The molecule has 0 saturated carbocycles. The van der Waals surface area contributed by atoms with Gasteiger partial charge in [0.05, 0.1) is 17.1 Å². The van der Waals surface area contributed by atoms with Crippen molar-refractivity contribution in [2.24, 2.45) is 0 Å². The molecule has 0 atom stereocenters. The van der Waals surface area contributed by atoms with Gasteiger partial charge in [-0.3, -0.25) is 15.0 Å². The standard InChI is InChI=1S/C74H53N3/c1-48-38-39-75-74(40-48)55-29-24-53(25-30-55)64-15-7-9-17-66(64)60-42-59(65-16-8-6-14-63(65)52-22-27-54(28-23-52)72-36-20-49(2)46-76-72)43-61(44-60)67-18-10-11-19-69(67)70-35-33-58(73-37-21-50(3)47-77-73)45-71(70)57-32-34-68-56(41-57)31-26-51-12-4-5-13-62(51)68/h4-47H,1-3H3/i1D3,2D3,3D3. The molecule has 3 heteroatoms. The summed E-state index contributed by atoms with van der Waals surface area (Å²) in [5, 5.41) is 4.60. The third kappa shape index (κ3) is 9.30. The van der Waals surface area contributed by atoms with Crippen LogP contribution >= 0.6 is 0 Å². The van der Waals surface area contributed by atoms with Gasteiger partial charge in [0.25, 0.3) is 0 Å². The SMILES string of the molecule is [2H]C([2H])([2H])c1ccc(-c2ccc(-c3ccccc3-c3cc(-c4ccccc4-c4ccc(-c5cc(C([2H])([2H])[2H])ccn5)cc4)cc(-c4ccccc4-c4ccc(-c5ccc(C([2H])([2H])[2H])cn5)cc4-c4ccc5c(ccc6ccccc65)c4)c3)cc2)nc1. The van der Waals surface area contributed by atoms with Crippen LogP contribution in [0.25, 0.3) is 133 Å². The van der Waals surface area contributed by atoms with E-state index in [4.69, 9.17) is 17.3 Å². The number of fused-ring (bicyclic) bond motifs is 3. The number of hydrogen-bond donors (Lipinski definition) is 0. The van der Waals surface area contributed by atoms with Crippen molar-refractivity contribution in [1.29, 1.82) is 0 Å². The summed E-state index contributed by atoms with van der Waals surface area (Å²) in [5.41, 5.74) is 19.0. The summed E-state index contributed by atoms with van der Waals surface area (Å²) in [6, 6.07) is 84.2. The first-order valence-corrected chi connectivity index (χ1v) is 25.6. The topological polar surface area (TPSA) is 38.7 Å². The summed E-state index contributed by atoms with van der Waals surface area (Å²) < 4.78 is 71.6. The van der Waals surface area contributed by atoms with Gasteiger partial charge in [0.2, 0.25) is 0 Å². The molecule has 13 rings (SSSR count). The molecule has 0 unspecified atom stereocenters. The number of pyridine rings is 3. The Kier molecular flexibility index (Phi) is 9.89. The summed E-state index contributed by atoms with van der Waals surface area (Å²) in [6.07, 6.45) is 4.41. The van der Waals surface area contributed by atoms with E-state index >= 15 is 0 Å². The Morgan fingerprint density at radius 3 is 1.29 bits per heavy atom. The second-order valence-corrected chi connectivity index (χ2v) is 19.4. The zero-order valence-electron chi connectivity index (χ0n) is 50.7. The molecule has 364 valence electrons. The maximum atomic E-state index is 8.02. The van der Waals surface area contributed by atoms with Crippen molar-refractivity contribution in [1.82, 2.24) is 15.0 Å². The van der Waals surface area contributed by atoms with E-state index in [1.54, 1.807) is 36.5 Å². The summed E-state index contributed by atoms with van der Waals surface area (Å²) in [5.74, 6) is 0. The second-order valence-electron chi connectivity index (χ2n) is 19.4. The average molecular weight is 993 g/mol. The first-order valence-electron chi connectivity index (χ1n) is 30.1. The molecule has 0 fully saturated rings. The average Bonchev–Trinajstić information content (AvgIpc) is 2.82. The van der Waals surface area contributed by atoms with E-state index in [0.29, 0.717) is 17.1 Å². The summed E-state index contributed by atoms with van der Waals surface area (Å²) in [7, 11) is 0. The van der Waals surface area contributed by atoms with Gasteiger partial charge in [-0.05, 0) is 191 Å². The lowest BCUT2D eigenvalue weighted by Gasteiger charge is -2.19. The zero-order chi connectivity index (χ0) is 59.3. The third-order valence-corrected chi connectivity index (χ3v) is 14.6. The Morgan fingerprint density at radius 1 is 0.247 bits per heavy atom. The summed E-state index contributed by atoms with van der Waals surface area (Å²) in [4.78, 5) is 13.7. The molecule has 0 amide bonds. The van der Waals surface area contributed by atoms with Crippen LogP contribution in [0.5, 0.6) is 0 Å². The van der Waals surface area contributed by atoms with Crippen LogP contribution in [0.2, 0.25) is 0 Å². The van der Waals surface area contributed by atoms with Gasteiger partial charge in [-0.25, -0.2) is 0 Å².